The largest absolute Gasteiger partial charge is 0.375 e. The predicted octanol–water partition coefficient (Wildman–Crippen LogP) is 3.72. The van der Waals surface area contributed by atoms with Crippen molar-refractivity contribution < 1.29 is 9.13 Å². The third-order valence-corrected chi connectivity index (χ3v) is 4.89. The molecule has 26 heavy (non-hydrogen) atoms. The summed E-state index contributed by atoms with van der Waals surface area (Å²) < 4.78 is 20.2. The molecular weight excluding hydrogens is 333 g/mol. The van der Waals surface area contributed by atoms with Crippen molar-refractivity contribution in [2.75, 3.05) is 11.9 Å². The Bertz CT molecular complexity index is 866. The van der Waals surface area contributed by atoms with Crippen LogP contribution in [-0.4, -0.2) is 38.9 Å². The van der Waals surface area contributed by atoms with Crippen molar-refractivity contribution in [1.29, 1.82) is 0 Å². The van der Waals surface area contributed by atoms with E-state index in [9.17, 15) is 4.39 Å². The van der Waals surface area contributed by atoms with Crippen LogP contribution >= 0.6 is 0 Å². The molecule has 0 radical (unpaired) electrons. The van der Waals surface area contributed by atoms with E-state index in [4.69, 9.17) is 4.74 Å². The highest BCUT2D eigenvalue weighted by atomic mass is 19.1. The molecule has 0 amide bonds. The zero-order chi connectivity index (χ0) is 17.9. The molecule has 1 aliphatic carbocycles. The van der Waals surface area contributed by atoms with Crippen LogP contribution in [0.5, 0.6) is 0 Å². The number of nitrogens with zero attached hydrogens (tertiary/aromatic N) is 3. The number of fused-ring (bicyclic) bond motifs is 1. The van der Waals surface area contributed by atoms with E-state index in [2.05, 4.69) is 25.5 Å². The van der Waals surface area contributed by atoms with Crippen molar-refractivity contribution in [3.8, 4) is 0 Å². The van der Waals surface area contributed by atoms with Gasteiger partial charge in [0.05, 0.1) is 24.3 Å². The lowest BCUT2D eigenvalue weighted by atomic mass is 10.1. The molecule has 0 spiro atoms. The van der Waals surface area contributed by atoms with Crippen molar-refractivity contribution in [2.24, 2.45) is 0 Å². The molecule has 2 heterocycles. The molecule has 1 aromatic carbocycles. The van der Waals surface area contributed by atoms with E-state index in [1.165, 1.54) is 6.33 Å². The van der Waals surface area contributed by atoms with Crippen molar-refractivity contribution >= 4 is 16.9 Å². The van der Waals surface area contributed by atoms with Crippen molar-refractivity contribution in [1.82, 2.24) is 20.2 Å². The van der Waals surface area contributed by atoms with E-state index in [0.29, 0.717) is 11.2 Å². The van der Waals surface area contributed by atoms with Crippen LogP contribution in [0.4, 0.5) is 10.2 Å². The molecule has 1 unspecified atom stereocenters. The highest BCUT2D eigenvalue weighted by Crippen LogP contribution is 2.28. The van der Waals surface area contributed by atoms with Crippen LogP contribution in [0.25, 0.3) is 11.0 Å². The monoisotopic (exact) mass is 355 g/mol. The minimum Gasteiger partial charge on any atom is -0.375 e. The summed E-state index contributed by atoms with van der Waals surface area (Å²) in [5.41, 5.74) is 2.52. The highest BCUT2D eigenvalue weighted by molar-refractivity contribution is 5.85. The van der Waals surface area contributed by atoms with Crippen molar-refractivity contribution in [3.05, 3.63) is 47.9 Å². The van der Waals surface area contributed by atoms with Crippen LogP contribution in [0, 0.1) is 6.92 Å². The Morgan fingerprint density at radius 3 is 2.96 bits per heavy atom. The molecule has 0 aliphatic heterocycles. The second kappa shape index (κ2) is 7.37. The van der Waals surface area contributed by atoms with Crippen LogP contribution in [0.15, 0.2) is 36.8 Å². The lowest BCUT2D eigenvalue weighted by Crippen LogP contribution is -2.19. The Morgan fingerprint density at radius 1 is 1.27 bits per heavy atom. The second-order valence-electron chi connectivity index (χ2n) is 6.84. The van der Waals surface area contributed by atoms with E-state index in [-0.39, 0.29) is 18.8 Å². The maximum absolute atomic E-state index is 14.3. The first-order chi connectivity index (χ1) is 12.7. The molecule has 3 aromatic rings. The first-order valence-electron chi connectivity index (χ1n) is 8.92. The fourth-order valence-corrected chi connectivity index (χ4v) is 3.39. The van der Waals surface area contributed by atoms with Gasteiger partial charge in [-0.15, -0.1) is 0 Å². The van der Waals surface area contributed by atoms with Crippen LogP contribution in [0.2, 0.25) is 0 Å². The van der Waals surface area contributed by atoms with E-state index in [1.54, 1.807) is 6.20 Å². The molecule has 4 rings (SSSR count). The molecule has 1 fully saturated rings. The van der Waals surface area contributed by atoms with Gasteiger partial charge in [0.15, 0.2) is 5.65 Å². The molecule has 136 valence electrons. The van der Waals surface area contributed by atoms with Gasteiger partial charge in [-0.3, -0.25) is 5.10 Å². The zero-order valence-corrected chi connectivity index (χ0v) is 14.7. The lowest BCUT2D eigenvalue weighted by molar-refractivity contribution is 0.0217. The average Bonchev–Trinajstić information content (AvgIpc) is 3.30. The molecule has 1 aliphatic rings. The highest BCUT2D eigenvalue weighted by Gasteiger charge is 2.27. The van der Waals surface area contributed by atoms with Crippen molar-refractivity contribution in [3.63, 3.8) is 0 Å². The number of hydrogen-bond acceptors (Lipinski definition) is 5. The minimum absolute atomic E-state index is 0.0675. The Morgan fingerprint density at radius 2 is 2.12 bits per heavy atom. The SMILES string of the molecule is Cc1ccc([C@H](F)COC2CC[C@H](Nc3ncnc4[nH]ncc34)C2)cc1. The van der Waals surface area contributed by atoms with Crippen LogP contribution in [0.1, 0.15) is 36.6 Å². The van der Waals surface area contributed by atoms with Gasteiger partial charge < -0.3 is 10.1 Å². The smallest absolute Gasteiger partial charge is 0.160 e. The van der Waals surface area contributed by atoms with E-state index in [0.717, 1.165) is 36.0 Å². The Kier molecular flexibility index (Phi) is 4.79. The number of aromatic amines is 1. The molecule has 6 nitrogen and oxygen atoms in total. The van der Waals surface area contributed by atoms with Gasteiger partial charge in [-0.1, -0.05) is 29.8 Å². The molecule has 3 atom stereocenters. The zero-order valence-electron chi connectivity index (χ0n) is 14.7. The number of nitrogens with one attached hydrogen (secondary N) is 2. The summed E-state index contributed by atoms with van der Waals surface area (Å²) >= 11 is 0. The number of H-pyrrole nitrogens is 1. The van der Waals surface area contributed by atoms with E-state index in [1.807, 2.05) is 31.2 Å². The summed E-state index contributed by atoms with van der Waals surface area (Å²) in [5, 5.41) is 11.2. The Balaban J connectivity index is 1.30. The lowest BCUT2D eigenvalue weighted by Gasteiger charge is -2.16. The fraction of sp³-hybridized carbons (Fsp3) is 0.421. The standard InChI is InChI=1S/C19H22FN5O/c1-12-2-4-13(5-3-12)17(20)10-26-15-7-6-14(8-15)24-18-16-9-23-25-19(16)22-11-21-18/h2-5,9,11,14-15,17H,6-8,10H2,1H3,(H2,21,22,23,24,25)/t14-,15?,17+/m0/s1. The van der Waals surface area contributed by atoms with Gasteiger partial charge in [0.2, 0.25) is 0 Å². The minimum atomic E-state index is -1.09. The topological polar surface area (TPSA) is 75.7 Å². The maximum Gasteiger partial charge on any atom is 0.160 e. The van der Waals surface area contributed by atoms with Crippen molar-refractivity contribution in [2.45, 2.75) is 44.5 Å². The normalized spacial score (nSPS) is 21.2. The van der Waals surface area contributed by atoms with Gasteiger partial charge in [-0.05, 0) is 31.7 Å². The number of hydrogen-bond donors (Lipinski definition) is 2. The number of aromatic nitrogens is 4. The number of rotatable bonds is 6. The van der Waals surface area contributed by atoms with Gasteiger partial charge in [0.1, 0.15) is 18.3 Å². The fourth-order valence-electron chi connectivity index (χ4n) is 3.39. The number of anilines is 1. The summed E-state index contributed by atoms with van der Waals surface area (Å²) in [6.45, 7) is 2.09. The summed E-state index contributed by atoms with van der Waals surface area (Å²) in [4.78, 5) is 8.44. The third kappa shape index (κ3) is 3.67. The Hall–Kier alpha value is -2.54. The summed E-state index contributed by atoms with van der Waals surface area (Å²) in [6.07, 6.45) is 4.93. The third-order valence-electron chi connectivity index (χ3n) is 4.89. The summed E-state index contributed by atoms with van der Waals surface area (Å²) in [5.74, 6) is 0.775. The second-order valence-corrected chi connectivity index (χ2v) is 6.84. The number of halogens is 1. The number of ether oxygens (including phenoxy) is 1. The Labute approximate surface area is 151 Å². The average molecular weight is 355 g/mol. The molecule has 1 saturated carbocycles. The van der Waals surface area contributed by atoms with Gasteiger partial charge >= 0.3 is 0 Å². The molecule has 2 N–H and O–H groups in total. The molecule has 2 aromatic heterocycles. The first-order valence-corrected chi connectivity index (χ1v) is 8.92. The number of benzene rings is 1. The predicted molar refractivity (Wildman–Crippen MR) is 97.7 cm³/mol. The molecular formula is C19H22FN5O. The van der Waals surface area contributed by atoms with Gasteiger partial charge in [-0.25, -0.2) is 14.4 Å². The number of alkyl halides is 1. The van der Waals surface area contributed by atoms with Gasteiger partial charge in [-0.2, -0.15) is 5.10 Å². The quantitative estimate of drug-likeness (QED) is 0.705. The van der Waals surface area contributed by atoms with Crippen LogP contribution in [-0.2, 0) is 4.74 Å². The maximum atomic E-state index is 14.3. The van der Waals surface area contributed by atoms with Crippen LogP contribution < -0.4 is 5.32 Å². The van der Waals surface area contributed by atoms with E-state index < -0.39 is 6.17 Å². The van der Waals surface area contributed by atoms with Gasteiger partial charge in [0.25, 0.3) is 0 Å². The van der Waals surface area contributed by atoms with Crippen LogP contribution in [0.3, 0.4) is 0 Å². The first kappa shape index (κ1) is 16.9. The molecule has 0 saturated heterocycles. The summed E-state index contributed by atoms with van der Waals surface area (Å²) in [6, 6.07) is 7.76. The van der Waals surface area contributed by atoms with E-state index >= 15 is 0 Å². The summed E-state index contributed by atoms with van der Waals surface area (Å²) in [7, 11) is 0. The molecule has 0 bridgehead atoms. The molecule has 7 heteroatoms. The van der Waals surface area contributed by atoms with Gasteiger partial charge in [0, 0.05) is 6.04 Å². The number of aryl methyl sites for hydroxylation is 1.